The number of aliphatic hydroxyl groups is 5. The van der Waals surface area contributed by atoms with E-state index in [1.807, 2.05) is 0 Å². The number of ether oxygens (including phenoxy) is 7. The maximum Gasteiger partial charge on any atom is 0.475 e. The molecule has 3 aliphatic heterocycles. The van der Waals surface area contributed by atoms with Crippen LogP contribution in [0.4, 0.5) is 0 Å². The fourth-order valence-corrected chi connectivity index (χ4v) is 6.70. The zero-order valence-electron chi connectivity index (χ0n) is 31.0. The first-order valence-electron chi connectivity index (χ1n) is 16.9. The van der Waals surface area contributed by atoms with Crippen molar-refractivity contribution in [3.8, 4) is 0 Å². The van der Waals surface area contributed by atoms with E-state index in [9.17, 15) is 64.1 Å². The van der Waals surface area contributed by atoms with Crippen molar-refractivity contribution >= 4 is 37.5 Å². The molecule has 3 aliphatic rings. The maximum atomic E-state index is 13.1. The molecule has 0 spiro atoms. The second-order valence-corrected chi connectivity index (χ2v) is 14.1. The number of carbonyl (C=O) groups excluding carboxylic acids is 4. The number of nitrogens with two attached hydrogens (primary N) is 1. The van der Waals surface area contributed by atoms with E-state index in [2.05, 4.69) is 25.4 Å². The molecule has 2 saturated heterocycles. The number of rotatable bonds is 19. The first-order valence-corrected chi connectivity index (χ1v) is 18.4. The van der Waals surface area contributed by atoms with Crippen LogP contribution >= 0.6 is 7.82 Å². The van der Waals surface area contributed by atoms with Crippen LogP contribution in [0.15, 0.2) is 16.4 Å². The summed E-state index contributed by atoms with van der Waals surface area (Å²) in [6.45, 7) is -0.668. The van der Waals surface area contributed by atoms with Crippen LogP contribution in [0.25, 0.3) is 10.4 Å². The van der Waals surface area contributed by atoms with Gasteiger partial charge in [-0.25, -0.2) is 13.9 Å². The minimum absolute atomic E-state index is 0.249. The average molecular weight is 861 g/mol. The van der Waals surface area contributed by atoms with Crippen LogP contribution in [0.2, 0.25) is 0 Å². The summed E-state index contributed by atoms with van der Waals surface area (Å²) in [6.07, 6.45) is -22.6. The van der Waals surface area contributed by atoms with Gasteiger partial charge in [-0.3, -0.25) is 23.7 Å². The Morgan fingerprint density at radius 1 is 0.948 bits per heavy atom. The van der Waals surface area contributed by atoms with Crippen LogP contribution in [0.1, 0.15) is 20.8 Å². The molecule has 0 aromatic carbocycles. The largest absolute Gasteiger partial charge is 0.479 e. The molecule has 328 valence electrons. The van der Waals surface area contributed by atoms with Gasteiger partial charge in [0.1, 0.15) is 55.3 Å². The summed E-state index contributed by atoms with van der Waals surface area (Å²) in [5.74, 6) is -6.50. The zero-order valence-corrected chi connectivity index (χ0v) is 31.9. The van der Waals surface area contributed by atoms with Gasteiger partial charge in [0, 0.05) is 31.4 Å². The number of methoxy groups -OCH3 is 1. The molecular weight excluding hydrogens is 815 g/mol. The average Bonchev–Trinajstić information content (AvgIpc) is 3.14. The second-order valence-electron chi connectivity index (χ2n) is 12.7. The number of nitrogens with one attached hydrogen (secondary N) is 2. The first kappa shape index (κ1) is 48.3. The smallest absolute Gasteiger partial charge is 0.475 e. The highest BCUT2D eigenvalue weighted by molar-refractivity contribution is 7.47. The topological polar surface area (TPSA) is 426 Å². The Morgan fingerprint density at radius 3 is 2.05 bits per heavy atom. The molecule has 3 heterocycles. The number of phosphoric ester groups is 1. The Morgan fingerprint density at radius 2 is 1.53 bits per heavy atom. The molecule has 0 aromatic rings. The van der Waals surface area contributed by atoms with Crippen LogP contribution in [0.5, 0.6) is 0 Å². The molecule has 58 heavy (non-hydrogen) atoms. The number of hydrogen-bond acceptors (Lipinski definition) is 21. The highest BCUT2D eigenvalue weighted by Crippen LogP contribution is 2.48. The molecular formula is C29H45N6O22P. The minimum Gasteiger partial charge on any atom is -0.479 e. The Labute approximate surface area is 327 Å². The lowest BCUT2D eigenvalue weighted by atomic mass is 9.94. The van der Waals surface area contributed by atoms with Crippen molar-refractivity contribution < 1.29 is 106 Å². The molecule has 28 nitrogen and oxygen atoms in total. The molecule has 0 radical (unpaired) electrons. The highest BCUT2D eigenvalue weighted by Gasteiger charge is 2.55. The third-order valence-corrected chi connectivity index (χ3v) is 9.53. The highest BCUT2D eigenvalue weighted by atomic mass is 31.2. The fourth-order valence-electron chi connectivity index (χ4n) is 5.89. The van der Waals surface area contributed by atoms with Crippen LogP contribution in [0.3, 0.4) is 0 Å². The van der Waals surface area contributed by atoms with Gasteiger partial charge in [0.05, 0.1) is 19.8 Å². The van der Waals surface area contributed by atoms with Crippen molar-refractivity contribution in [1.82, 2.24) is 10.6 Å². The maximum absolute atomic E-state index is 13.1. The van der Waals surface area contributed by atoms with Gasteiger partial charge < -0.3 is 85.1 Å². The predicted octanol–water partition coefficient (Wildman–Crippen LogP) is -5.15. The monoisotopic (exact) mass is 860 g/mol. The van der Waals surface area contributed by atoms with E-state index >= 15 is 0 Å². The molecule has 0 bridgehead atoms. The first-order chi connectivity index (χ1) is 27.2. The third-order valence-electron chi connectivity index (χ3n) is 8.58. The van der Waals surface area contributed by atoms with E-state index in [1.54, 1.807) is 0 Å². The van der Waals surface area contributed by atoms with Crippen LogP contribution in [-0.2, 0) is 70.7 Å². The van der Waals surface area contributed by atoms with Gasteiger partial charge in [0.25, 0.3) is 5.91 Å². The number of nitrogens with zero attached hydrogens (tertiary/aromatic N) is 3. The van der Waals surface area contributed by atoms with Crippen molar-refractivity contribution in [3.63, 3.8) is 0 Å². The Kier molecular flexibility index (Phi) is 17.7. The summed E-state index contributed by atoms with van der Waals surface area (Å²) in [6, 6.07) is -3.48. The number of amides is 3. The number of aliphatic carboxylic acids is 1. The summed E-state index contributed by atoms with van der Waals surface area (Å²) < 4.78 is 61.7. The predicted molar refractivity (Wildman–Crippen MR) is 180 cm³/mol. The van der Waals surface area contributed by atoms with Gasteiger partial charge in [0.2, 0.25) is 18.1 Å². The summed E-state index contributed by atoms with van der Waals surface area (Å²) in [4.78, 5) is 73.9. The van der Waals surface area contributed by atoms with Gasteiger partial charge in [-0.05, 0) is 12.5 Å². The van der Waals surface area contributed by atoms with Crippen LogP contribution in [0, 0.1) is 0 Å². The van der Waals surface area contributed by atoms with E-state index in [0.29, 0.717) is 0 Å². The van der Waals surface area contributed by atoms with Crippen molar-refractivity contribution in [2.24, 2.45) is 10.8 Å². The molecule has 0 aliphatic carbocycles. The van der Waals surface area contributed by atoms with E-state index < -0.39 is 155 Å². The lowest BCUT2D eigenvalue weighted by molar-refractivity contribution is -0.345. The molecule has 3 rings (SSSR count). The standard InChI is InChI=1S/C29H45N6O22P/c1-9-21(51-11(3)39)24(29(54-22(9)25(30)44)57-58(47,48)50-8-14(49-4)26(45)46)56-28-17(33-10(2)38)20(43)23(13(7-37)53-28)55-27-16(34-15(40)5-32-35-31)19(42)18(41)12(6-36)52-27/h12-14,16-21,23-24,27-29,36-37,41-43H,5-8H2,1-4H3,(H2,30,44)(H,33,38)(H,34,40)(H,45,46)(H,47,48)/t12?,13?,14-,16?,17?,18+,19?,20?,21+,23-,24?,27+,28+,29+/m1/s1. The van der Waals surface area contributed by atoms with Gasteiger partial charge in [0.15, 0.2) is 36.7 Å². The normalized spacial score (nSPS) is 34.0. The van der Waals surface area contributed by atoms with E-state index in [1.165, 1.54) is 6.92 Å². The van der Waals surface area contributed by atoms with Crippen molar-refractivity contribution in [2.75, 3.05) is 33.5 Å². The molecule has 8 unspecified atom stereocenters. The Hall–Kier alpha value is -4.09. The molecule has 0 saturated carbocycles. The quantitative estimate of drug-likeness (QED) is 0.0191. The lowest BCUT2D eigenvalue weighted by Crippen LogP contribution is -2.70. The summed E-state index contributed by atoms with van der Waals surface area (Å²) in [5.41, 5.74) is 13.8. The third kappa shape index (κ3) is 12.2. The SMILES string of the molecule is CO[C@H](COP(=O)(O)O[C@@H]1OC(C(N)=O)=C(C)[C@H](OC(C)=O)C1O[C@@H]1OC(CO)[C@@H](O[C@@H]2OC(CO)[C@H](O)C(O)C2NC(=O)CN=[N+]=[N-])C(O)C1NC(C)=O)C(=O)O. The van der Waals surface area contributed by atoms with E-state index in [-0.39, 0.29) is 5.57 Å². The molecule has 2 fully saturated rings. The van der Waals surface area contributed by atoms with E-state index in [0.717, 1.165) is 21.0 Å². The van der Waals surface area contributed by atoms with Gasteiger partial charge >= 0.3 is 19.8 Å². The Bertz CT molecular complexity index is 1630. The number of esters is 1. The van der Waals surface area contributed by atoms with E-state index in [4.69, 9.17) is 48.7 Å². The molecule has 3 amide bonds. The van der Waals surface area contributed by atoms with Crippen molar-refractivity contribution in [1.29, 1.82) is 0 Å². The van der Waals surface area contributed by atoms with Gasteiger partial charge in [-0.15, -0.1) is 0 Å². The van der Waals surface area contributed by atoms with Crippen molar-refractivity contribution in [3.05, 3.63) is 21.8 Å². The molecule has 0 aromatic heterocycles. The van der Waals surface area contributed by atoms with Gasteiger partial charge in [-0.2, -0.15) is 0 Å². The second kappa shape index (κ2) is 21.3. The number of hydrogen-bond donors (Lipinski definition) is 10. The summed E-state index contributed by atoms with van der Waals surface area (Å²) in [7, 11) is -4.48. The molecule has 11 N–H and O–H groups in total. The number of phosphoric acid groups is 1. The number of carbonyl (C=O) groups is 5. The fraction of sp³-hybridized carbons (Fsp3) is 0.759. The summed E-state index contributed by atoms with van der Waals surface area (Å²) >= 11 is 0. The lowest BCUT2D eigenvalue weighted by Gasteiger charge is -2.49. The Balaban J connectivity index is 2.05. The van der Waals surface area contributed by atoms with Crippen LogP contribution in [-0.4, -0.2) is 185 Å². The van der Waals surface area contributed by atoms with Gasteiger partial charge in [-0.1, -0.05) is 5.11 Å². The number of carboxylic acid groups (broad SMARTS) is 1. The molecule has 15 atom stereocenters. The summed E-state index contributed by atoms with van der Waals surface area (Å²) in [5, 5.41) is 70.1. The number of primary amides is 1. The van der Waals surface area contributed by atoms with Crippen LogP contribution < -0.4 is 16.4 Å². The minimum atomic E-state index is -5.44. The zero-order chi connectivity index (χ0) is 43.6. The number of carboxylic acids is 1. The van der Waals surface area contributed by atoms with Crippen molar-refractivity contribution in [2.45, 2.75) is 107 Å². The number of azide groups is 1. The molecule has 29 heteroatoms. The number of aliphatic hydroxyl groups excluding tert-OH is 5.